The topological polar surface area (TPSA) is 60.7 Å². The summed E-state index contributed by atoms with van der Waals surface area (Å²) < 4.78 is 65.0. The Bertz CT molecular complexity index is 882. The van der Waals surface area contributed by atoms with E-state index >= 15 is 0 Å². The lowest BCUT2D eigenvalue weighted by atomic mass is 9.75. The number of aryl methyl sites for hydroxylation is 1. The van der Waals surface area contributed by atoms with E-state index in [-0.39, 0.29) is 11.7 Å². The Labute approximate surface area is 178 Å². The molecule has 8 heteroatoms. The smallest absolute Gasteiger partial charge is 0.393 e. The Balaban J connectivity index is 0.000000258. The molecule has 0 spiro atoms. The second-order valence-electron chi connectivity index (χ2n) is 8.54. The zero-order chi connectivity index (χ0) is 23.4. The van der Waals surface area contributed by atoms with Gasteiger partial charge in [0.15, 0.2) is 5.60 Å². The standard InChI is InChI=1S/C13H15F5O2.C10H12O/c1-11(2,6-12(20,7-19)13(16,17)18)9-5-8(14)3-4-10(9)15;11-10-6-5-8-3-1-2-4-9(8)7-10/h3-5,19-20H,6-7H2,1-2H3;1-4,10-11H,5-7H2. The van der Waals surface area contributed by atoms with Crippen molar-refractivity contribution in [2.24, 2.45) is 0 Å². The third kappa shape index (κ3) is 6.24. The fraction of sp³-hybridized carbons (Fsp3) is 0.478. The number of halogens is 5. The number of alkyl halides is 3. The van der Waals surface area contributed by atoms with E-state index in [1.54, 1.807) is 0 Å². The molecule has 0 radical (unpaired) electrons. The summed E-state index contributed by atoms with van der Waals surface area (Å²) in [6, 6.07) is 10.8. The number of aliphatic hydroxyl groups excluding tert-OH is 2. The number of hydrogen-bond acceptors (Lipinski definition) is 3. The highest BCUT2D eigenvalue weighted by molar-refractivity contribution is 5.30. The predicted molar refractivity (Wildman–Crippen MR) is 107 cm³/mol. The molecule has 3 nitrogen and oxygen atoms in total. The van der Waals surface area contributed by atoms with E-state index in [1.165, 1.54) is 25.0 Å². The fourth-order valence-corrected chi connectivity index (χ4v) is 3.77. The van der Waals surface area contributed by atoms with E-state index in [0.717, 1.165) is 37.5 Å². The van der Waals surface area contributed by atoms with Crippen molar-refractivity contribution in [3.05, 3.63) is 70.8 Å². The maximum absolute atomic E-state index is 13.6. The third-order valence-corrected chi connectivity index (χ3v) is 5.50. The van der Waals surface area contributed by atoms with Crippen molar-refractivity contribution in [3.8, 4) is 0 Å². The molecule has 172 valence electrons. The number of aliphatic hydroxyl groups is 3. The first kappa shape index (κ1) is 25.2. The summed E-state index contributed by atoms with van der Waals surface area (Å²) in [7, 11) is 0. The molecule has 0 aliphatic heterocycles. The molecule has 1 aliphatic rings. The Morgan fingerprint density at radius 3 is 2.19 bits per heavy atom. The molecule has 2 aromatic rings. The van der Waals surface area contributed by atoms with Crippen LogP contribution in [0.25, 0.3) is 0 Å². The van der Waals surface area contributed by atoms with Crippen LogP contribution in [-0.2, 0) is 18.3 Å². The lowest BCUT2D eigenvalue weighted by Crippen LogP contribution is -2.52. The first-order valence-electron chi connectivity index (χ1n) is 9.89. The van der Waals surface area contributed by atoms with E-state index in [1.807, 2.05) is 6.07 Å². The summed E-state index contributed by atoms with van der Waals surface area (Å²) in [6.45, 7) is 0.908. The number of hydrogen-bond donors (Lipinski definition) is 3. The SMILES string of the molecule is CC(C)(CC(O)(CO)C(F)(F)F)c1cc(F)ccc1F.OC1CCc2ccccc2C1. The zero-order valence-electron chi connectivity index (χ0n) is 17.4. The molecule has 3 N–H and O–H groups in total. The van der Waals surface area contributed by atoms with Crippen molar-refractivity contribution in [3.63, 3.8) is 0 Å². The summed E-state index contributed by atoms with van der Waals surface area (Å²) in [5, 5.41) is 27.7. The summed E-state index contributed by atoms with van der Waals surface area (Å²) in [4.78, 5) is 0. The van der Waals surface area contributed by atoms with Gasteiger partial charge in [-0.05, 0) is 66.0 Å². The Hall–Kier alpha value is -2.03. The van der Waals surface area contributed by atoms with Gasteiger partial charge >= 0.3 is 6.18 Å². The van der Waals surface area contributed by atoms with Crippen LogP contribution in [0.5, 0.6) is 0 Å². The second-order valence-corrected chi connectivity index (χ2v) is 8.54. The molecule has 1 aliphatic carbocycles. The lowest BCUT2D eigenvalue weighted by Gasteiger charge is -2.36. The van der Waals surface area contributed by atoms with Crippen LogP contribution in [0, 0.1) is 11.6 Å². The van der Waals surface area contributed by atoms with Crippen LogP contribution in [0.1, 0.15) is 43.4 Å². The molecule has 2 unspecified atom stereocenters. The van der Waals surface area contributed by atoms with Gasteiger partial charge in [-0.1, -0.05) is 38.1 Å². The van der Waals surface area contributed by atoms with Gasteiger partial charge in [-0.3, -0.25) is 0 Å². The van der Waals surface area contributed by atoms with Crippen molar-refractivity contribution in [1.29, 1.82) is 0 Å². The molecule has 0 heterocycles. The summed E-state index contributed by atoms with van der Waals surface area (Å²) >= 11 is 0. The molecule has 0 aromatic heterocycles. The van der Waals surface area contributed by atoms with E-state index in [4.69, 9.17) is 5.11 Å². The largest absolute Gasteiger partial charge is 0.419 e. The van der Waals surface area contributed by atoms with Crippen molar-refractivity contribution in [2.75, 3.05) is 6.61 Å². The van der Waals surface area contributed by atoms with Gasteiger partial charge in [-0.15, -0.1) is 0 Å². The Morgan fingerprint density at radius 1 is 1.00 bits per heavy atom. The van der Waals surface area contributed by atoms with Crippen LogP contribution in [0.4, 0.5) is 22.0 Å². The molecule has 2 atom stereocenters. The average molecular weight is 446 g/mol. The lowest BCUT2D eigenvalue weighted by molar-refractivity contribution is -0.277. The van der Waals surface area contributed by atoms with Gasteiger partial charge in [0.05, 0.1) is 12.7 Å². The minimum absolute atomic E-state index is 0.107. The fourth-order valence-electron chi connectivity index (χ4n) is 3.77. The van der Waals surface area contributed by atoms with Crippen molar-refractivity contribution < 1.29 is 37.3 Å². The zero-order valence-corrected chi connectivity index (χ0v) is 17.4. The van der Waals surface area contributed by atoms with Gasteiger partial charge in [0.25, 0.3) is 0 Å². The van der Waals surface area contributed by atoms with Crippen molar-refractivity contribution in [1.82, 2.24) is 0 Å². The highest BCUT2D eigenvalue weighted by atomic mass is 19.4. The Kier molecular flexibility index (Phi) is 7.84. The molecule has 0 saturated carbocycles. The molecular weight excluding hydrogens is 419 g/mol. The van der Waals surface area contributed by atoms with E-state index in [0.29, 0.717) is 0 Å². The number of rotatable bonds is 4. The van der Waals surface area contributed by atoms with Gasteiger partial charge in [0.2, 0.25) is 0 Å². The van der Waals surface area contributed by atoms with Crippen LogP contribution in [0.15, 0.2) is 42.5 Å². The molecule has 0 amide bonds. The van der Waals surface area contributed by atoms with Gasteiger partial charge in [0, 0.05) is 0 Å². The minimum Gasteiger partial charge on any atom is -0.393 e. The van der Waals surface area contributed by atoms with E-state index < -0.39 is 41.9 Å². The molecule has 0 saturated heterocycles. The van der Waals surface area contributed by atoms with Crippen molar-refractivity contribution in [2.45, 2.75) is 62.8 Å². The summed E-state index contributed by atoms with van der Waals surface area (Å²) in [6.07, 6.45) is -3.38. The molecular formula is C23H27F5O3. The van der Waals surface area contributed by atoms with Crippen LogP contribution in [0.3, 0.4) is 0 Å². The second kappa shape index (κ2) is 9.63. The molecule has 2 aromatic carbocycles. The molecule has 0 fully saturated rings. The van der Waals surface area contributed by atoms with Gasteiger partial charge in [-0.25, -0.2) is 8.78 Å². The third-order valence-electron chi connectivity index (χ3n) is 5.50. The molecule has 0 bridgehead atoms. The summed E-state index contributed by atoms with van der Waals surface area (Å²) in [5.41, 5.74) is -2.47. The van der Waals surface area contributed by atoms with Crippen LogP contribution in [-0.4, -0.2) is 39.8 Å². The first-order valence-corrected chi connectivity index (χ1v) is 9.89. The minimum atomic E-state index is -5.08. The monoisotopic (exact) mass is 446 g/mol. The Morgan fingerprint density at radius 2 is 1.61 bits per heavy atom. The number of benzene rings is 2. The normalized spacial score (nSPS) is 18.5. The van der Waals surface area contributed by atoms with Gasteiger partial charge in [0.1, 0.15) is 11.6 Å². The quantitative estimate of drug-likeness (QED) is 0.608. The van der Waals surface area contributed by atoms with Crippen LogP contribution >= 0.6 is 0 Å². The van der Waals surface area contributed by atoms with Crippen LogP contribution in [0.2, 0.25) is 0 Å². The van der Waals surface area contributed by atoms with Crippen molar-refractivity contribution >= 4 is 0 Å². The maximum atomic E-state index is 13.6. The maximum Gasteiger partial charge on any atom is 0.419 e. The highest BCUT2D eigenvalue weighted by Crippen LogP contribution is 2.41. The highest BCUT2D eigenvalue weighted by Gasteiger charge is 2.55. The number of fused-ring (bicyclic) bond motifs is 1. The van der Waals surface area contributed by atoms with Gasteiger partial charge < -0.3 is 15.3 Å². The van der Waals surface area contributed by atoms with E-state index in [2.05, 4.69) is 18.2 Å². The average Bonchev–Trinajstić information content (AvgIpc) is 2.69. The predicted octanol–water partition coefficient (Wildman–Crippen LogP) is 4.45. The van der Waals surface area contributed by atoms with Gasteiger partial charge in [-0.2, -0.15) is 13.2 Å². The molecule has 3 rings (SSSR count). The molecule has 31 heavy (non-hydrogen) atoms. The first-order chi connectivity index (χ1) is 14.3. The van der Waals surface area contributed by atoms with E-state index in [9.17, 15) is 32.2 Å². The van der Waals surface area contributed by atoms with Crippen LogP contribution < -0.4 is 0 Å². The summed E-state index contributed by atoms with van der Waals surface area (Å²) in [5.74, 6) is -1.67.